The molecule has 26 heavy (non-hydrogen) atoms. The van der Waals surface area contributed by atoms with Crippen LogP contribution >= 0.6 is 11.8 Å². The minimum atomic E-state index is -0.549. The molecule has 9 nitrogen and oxygen atoms in total. The second-order valence-electron chi connectivity index (χ2n) is 6.42. The van der Waals surface area contributed by atoms with Gasteiger partial charge in [-0.1, -0.05) is 23.9 Å². The van der Waals surface area contributed by atoms with Gasteiger partial charge in [0.1, 0.15) is 5.75 Å². The summed E-state index contributed by atoms with van der Waals surface area (Å²) in [6, 6.07) is 6.72. The number of nitrogens with zero attached hydrogens (tertiary/aromatic N) is 3. The predicted molar refractivity (Wildman–Crippen MR) is 99.3 cm³/mol. The summed E-state index contributed by atoms with van der Waals surface area (Å²) in [5.41, 5.74) is 0.254. The van der Waals surface area contributed by atoms with E-state index in [1.165, 1.54) is 4.68 Å². The van der Waals surface area contributed by atoms with E-state index in [1.807, 2.05) is 39.0 Å². The van der Waals surface area contributed by atoms with Gasteiger partial charge >= 0.3 is 6.03 Å². The highest BCUT2D eigenvalue weighted by molar-refractivity contribution is 7.99. The maximum atomic E-state index is 11.9. The summed E-state index contributed by atoms with van der Waals surface area (Å²) in [7, 11) is 1.55. The number of urea groups is 1. The molecule has 0 atom stereocenters. The molecule has 0 bridgehead atoms. The van der Waals surface area contributed by atoms with E-state index in [4.69, 9.17) is 10.6 Å². The van der Waals surface area contributed by atoms with Crippen molar-refractivity contribution >= 4 is 23.7 Å². The van der Waals surface area contributed by atoms with Gasteiger partial charge in [-0.3, -0.25) is 10.1 Å². The van der Waals surface area contributed by atoms with Gasteiger partial charge in [0.25, 0.3) is 0 Å². The highest BCUT2D eigenvalue weighted by Gasteiger charge is 2.18. The molecule has 10 heteroatoms. The molecular weight excluding hydrogens is 356 g/mol. The van der Waals surface area contributed by atoms with Gasteiger partial charge in [-0.2, -0.15) is 0 Å². The quantitative estimate of drug-likeness (QED) is 0.530. The van der Waals surface area contributed by atoms with Crippen molar-refractivity contribution < 1.29 is 14.3 Å². The van der Waals surface area contributed by atoms with Gasteiger partial charge in [0.2, 0.25) is 11.1 Å². The highest BCUT2D eigenvalue weighted by Crippen LogP contribution is 2.29. The molecule has 0 aliphatic rings. The molecule has 1 aromatic heterocycles. The van der Waals surface area contributed by atoms with Crippen LogP contribution in [0, 0.1) is 0 Å². The van der Waals surface area contributed by atoms with Crippen LogP contribution in [0.2, 0.25) is 0 Å². The molecule has 0 radical (unpaired) electrons. The summed E-state index contributed by atoms with van der Waals surface area (Å²) in [4.78, 5) is 23.6. The summed E-state index contributed by atoms with van der Waals surface area (Å²) in [5.74, 6) is 6.57. The molecule has 2 aromatic rings. The minimum absolute atomic E-state index is 0.0289. The molecule has 0 spiro atoms. The fourth-order valence-electron chi connectivity index (χ4n) is 2.05. The van der Waals surface area contributed by atoms with Crippen LogP contribution in [0.3, 0.4) is 0 Å². The molecule has 3 amide bonds. The number of para-hydroxylation sites is 1. The summed E-state index contributed by atoms with van der Waals surface area (Å²) in [6.07, 6.45) is 0. The number of carbonyl (C=O) groups is 2. The van der Waals surface area contributed by atoms with E-state index < -0.39 is 17.5 Å². The molecule has 1 aromatic carbocycles. The molecule has 140 valence electrons. The first kappa shape index (κ1) is 19.6. The zero-order chi connectivity index (χ0) is 19.3. The third-order valence-electron chi connectivity index (χ3n) is 3.09. The van der Waals surface area contributed by atoms with Crippen LogP contribution < -0.4 is 21.2 Å². The zero-order valence-electron chi connectivity index (χ0n) is 15.1. The maximum Gasteiger partial charge on any atom is 0.321 e. The zero-order valence-corrected chi connectivity index (χ0v) is 15.9. The Bertz CT molecular complexity index is 800. The van der Waals surface area contributed by atoms with Gasteiger partial charge in [0.15, 0.2) is 5.82 Å². The molecule has 4 N–H and O–H groups in total. The Morgan fingerprint density at radius 3 is 2.62 bits per heavy atom. The Morgan fingerprint density at radius 1 is 1.27 bits per heavy atom. The van der Waals surface area contributed by atoms with Crippen molar-refractivity contribution in [1.82, 2.24) is 25.5 Å². The number of rotatable bonds is 5. The average Bonchev–Trinajstić information content (AvgIpc) is 2.91. The number of hydrogen-bond donors (Lipinski definition) is 3. The summed E-state index contributed by atoms with van der Waals surface area (Å²) >= 11 is 1.08. The monoisotopic (exact) mass is 378 g/mol. The Morgan fingerprint density at radius 2 is 1.96 bits per heavy atom. The first-order valence-corrected chi connectivity index (χ1v) is 8.78. The third kappa shape index (κ3) is 5.12. The topological polar surface area (TPSA) is 124 Å². The van der Waals surface area contributed by atoms with E-state index in [0.29, 0.717) is 22.3 Å². The standard InChI is InChI=1S/C16H22N6O3S/c1-16(2,3)19-14(24)18-12(23)9-26-15-21-20-13(22(15)17)10-7-5-6-8-11(10)25-4/h5-8H,9,17H2,1-4H3,(H2,18,19,23,24). The van der Waals surface area contributed by atoms with Crippen LogP contribution in [0.25, 0.3) is 11.4 Å². The minimum Gasteiger partial charge on any atom is -0.496 e. The van der Waals surface area contributed by atoms with Crippen LogP contribution in [-0.4, -0.2) is 45.2 Å². The van der Waals surface area contributed by atoms with Gasteiger partial charge in [-0.15, -0.1) is 10.2 Å². The van der Waals surface area contributed by atoms with Crippen LogP contribution in [0.15, 0.2) is 29.4 Å². The molecule has 0 saturated carbocycles. The van der Waals surface area contributed by atoms with E-state index in [-0.39, 0.29) is 5.75 Å². The van der Waals surface area contributed by atoms with E-state index in [9.17, 15) is 9.59 Å². The Kier molecular flexibility index (Phi) is 6.09. The van der Waals surface area contributed by atoms with Crippen molar-refractivity contribution in [3.8, 4) is 17.1 Å². The molecule has 0 unspecified atom stereocenters. The van der Waals surface area contributed by atoms with Crippen LogP contribution in [0.1, 0.15) is 20.8 Å². The van der Waals surface area contributed by atoms with Crippen LogP contribution in [0.5, 0.6) is 5.75 Å². The molecular formula is C16H22N6O3S. The number of methoxy groups -OCH3 is 1. The number of carbonyl (C=O) groups excluding carboxylic acids is 2. The van der Waals surface area contributed by atoms with Crippen molar-refractivity contribution in [1.29, 1.82) is 0 Å². The van der Waals surface area contributed by atoms with Crippen molar-refractivity contribution in [3.05, 3.63) is 24.3 Å². The first-order valence-electron chi connectivity index (χ1n) is 7.80. The molecule has 0 saturated heterocycles. The lowest BCUT2D eigenvalue weighted by atomic mass is 10.1. The number of nitrogen functional groups attached to an aromatic ring is 1. The van der Waals surface area contributed by atoms with E-state index in [1.54, 1.807) is 13.2 Å². The first-order chi connectivity index (χ1) is 12.2. The number of nitrogens with two attached hydrogens (primary N) is 1. The predicted octanol–water partition coefficient (Wildman–Crippen LogP) is 1.38. The van der Waals surface area contributed by atoms with Crippen molar-refractivity contribution in [2.24, 2.45) is 0 Å². The second kappa shape index (κ2) is 8.09. The number of thioether (sulfide) groups is 1. The Hall–Kier alpha value is -2.75. The third-order valence-corrected chi connectivity index (χ3v) is 4.03. The molecule has 1 heterocycles. The molecule has 0 fully saturated rings. The van der Waals surface area contributed by atoms with Crippen molar-refractivity contribution in [2.45, 2.75) is 31.5 Å². The second-order valence-corrected chi connectivity index (χ2v) is 7.36. The Balaban J connectivity index is 2.00. The van der Waals surface area contributed by atoms with Gasteiger partial charge in [-0.05, 0) is 32.9 Å². The van der Waals surface area contributed by atoms with Crippen molar-refractivity contribution in [3.63, 3.8) is 0 Å². The number of aromatic nitrogens is 3. The number of amides is 3. The summed E-state index contributed by atoms with van der Waals surface area (Å²) < 4.78 is 6.58. The number of imide groups is 1. The van der Waals surface area contributed by atoms with Gasteiger partial charge in [-0.25, -0.2) is 9.47 Å². The lowest BCUT2D eigenvalue weighted by molar-refractivity contribution is -0.117. The normalized spacial score (nSPS) is 11.1. The lowest BCUT2D eigenvalue weighted by Gasteiger charge is -2.20. The summed E-state index contributed by atoms with van der Waals surface area (Å²) in [5, 5.41) is 13.3. The lowest BCUT2D eigenvalue weighted by Crippen LogP contribution is -2.48. The average molecular weight is 378 g/mol. The largest absolute Gasteiger partial charge is 0.496 e. The fraction of sp³-hybridized carbons (Fsp3) is 0.375. The SMILES string of the molecule is COc1ccccc1-c1nnc(SCC(=O)NC(=O)NC(C)(C)C)n1N. The fourth-order valence-corrected chi connectivity index (χ4v) is 2.71. The van der Waals surface area contributed by atoms with Crippen LogP contribution in [-0.2, 0) is 4.79 Å². The van der Waals surface area contributed by atoms with Crippen LogP contribution in [0.4, 0.5) is 4.79 Å². The number of ether oxygens (including phenoxy) is 1. The molecule has 0 aliphatic carbocycles. The van der Waals surface area contributed by atoms with Gasteiger partial charge < -0.3 is 15.9 Å². The highest BCUT2D eigenvalue weighted by atomic mass is 32.2. The van der Waals surface area contributed by atoms with Crippen molar-refractivity contribution in [2.75, 3.05) is 18.7 Å². The molecule has 2 rings (SSSR count). The van der Waals surface area contributed by atoms with E-state index in [0.717, 1.165) is 11.8 Å². The number of nitrogens with one attached hydrogen (secondary N) is 2. The molecule has 0 aliphatic heterocycles. The smallest absolute Gasteiger partial charge is 0.321 e. The number of benzene rings is 1. The van der Waals surface area contributed by atoms with Gasteiger partial charge in [0.05, 0.1) is 18.4 Å². The van der Waals surface area contributed by atoms with Gasteiger partial charge in [0, 0.05) is 5.54 Å². The maximum absolute atomic E-state index is 11.9. The number of hydrogen-bond acceptors (Lipinski definition) is 7. The Labute approximate surface area is 155 Å². The van der Waals surface area contributed by atoms with E-state index in [2.05, 4.69) is 20.8 Å². The van der Waals surface area contributed by atoms with E-state index >= 15 is 0 Å². The summed E-state index contributed by atoms with van der Waals surface area (Å²) in [6.45, 7) is 5.46.